The first-order chi connectivity index (χ1) is 5.31. The Kier molecular flexibility index (Phi) is 0.972. The number of rotatable bonds is 0. The zero-order valence-corrected chi connectivity index (χ0v) is 6.66. The van der Waals surface area contributed by atoms with E-state index in [9.17, 15) is 5.11 Å². The highest BCUT2D eigenvalue weighted by atomic mass is 16.3. The number of hydrogen-bond donors (Lipinski definition) is 1. The van der Waals surface area contributed by atoms with Crippen molar-refractivity contribution in [3.05, 3.63) is 12.2 Å². The van der Waals surface area contributed by atoms with E-state index in [-0.39, 0.29) is 5.60 Å². The van der Waals surface area contributed by atoms with Crippen molar-refractivity contribution in [3.8, 4) is 0 Å². The summed E-state index contributed by atoms with van der Waals surface area (Å²) in [5, 5.41) is 10.2. The van der Waals surface area contributed by atoms with Crippen LogP contribution in [0.15, 0.2) is 12.2 Å². The summed E-state index contributed by atoms with van der Waals surface area (Å²) in [7, 11) is 0. The first-order valence-corrected chi connectivity index (χ1v) is 4.71. The van der Waals surface area contributed by atoms with Gasteiger partial charge in [-0.1, -0.05) is 12.2 Å². The van der Waals surface area contributed by atoms with Crippen molar-refractivity contribution in [1.29, 1.82) is 0 Å². The Morgan fingerprint density at radius 3 is 3.09 bits per heavy atom. The maximum Gasteiger partial charge on any atom is 0.0889 e. The van der Waals surface area contributed by atoms with Gasteiger partial charge < -0.3 is 5.11 Å². The van der Waals surface area contributed by atoms with Crippen LogP contribution < -0.4 is 0 Å². The molecule has 0 radical (unpaired) electrons. The second kappa shape index (κ2) is 1.71. The minimum Gasteiger partial charge on any atom is -0.385 e. The molecule has 0 aliphatic heterocycles. The monoisotopic (exact) mass is 150 g/mol. The Morgan fingerprint density at radius 1 is 1.36 bits per heavy atom. The Labute approximate surface area is 67.1 Å². The molecule has 0 saturated heterocycles. The molecule has 3 aliphatic rings. The largest absolute Gasteiger partial charge is 0.385 e. The molecule has 0 amide bonds. The summed E-state index contributed by atoms with van der Waals surface area (Å²) in [6, 6.07) is 0. The average Bonchev–Trinajstić information content (AvgIpc) is 2.54. The highest BCUT2D eigenvalue weighted by molar-refractivity contribution is 5.22. The van der Waals surface area contributed by atoms with Crippen LogP contribution in [0.2, 0.25) is 0 Å². The summed E-state index contributed by atoms with van der Waals surface area (Å²) in [6.45, 7) is 0. The van der Waals surface area contributed by atoms with Gasteiger partial charge >= 0.3 is 0 Å². The Bertz CT molecular complexity index is 221. The highest BCUT2D eigenvalue weighted by Gasteiger charge is 2.56. The van der Waals surface area contributed by atoms with Gasteiger partial charge in [-0.05, 0) is 43.4 Å². The zero-order valence-electron chi connectivity index (χ0n) is 6.66. The molecule has 3 rings (SSSR count). The summed E-state index contributed by atoms with van der Waals surface area (Å²) in [5.41, 5.74) is -0.358. The lowest BCUT2D eigenvalue weighted by atomic mass is 9.78. The zero-order chi connectivity index (χ0) is 7.47. The van der Waals surface area contributed by atoms with Crippen molar-refractivity contribution in [2.75, 3.05) is 0 Å². The molecular weight excluding hydrogens is 136 g/mol. The number of hydrogen-bond acceptors (Lipinski definition) is 1. The Balaban J connectivity index is 2.05. The molecule has 0 aromatic carbocycles. The first-order valence-electron chi connectivity index (χ1n) is 4.71. The standard InChI is InChI=1S/C10H14O/c11-10-5-1-2-9(10)7-3-4-8(10)6-7/h1,5,7-9,11H,2-4,6H2/t7-,8+,9-,10-/m0/s1. The van der Waals surface area contributed by atoms with Gasteiger partial charge in [0.1, 0.15) is 0 Å². The van der Waals surface area contributed by atoms with Crippen LogP contribution in [0.4, 0.5) is 0 Å². The van der Waals surface area contributed by atoms with E-state index in [1.54, 1.807) is 0 Å². The van der Waals surface area contributed by atoms with Crippen LogP contribution in [0, 0.1) is 17.8 Å². The van der Waals surface area contributed by atoms with Crippen molar-refractivity contribution < 1.29 is 5.11 Å². The van der Waals surface area contributed by atoms with Crippen LogP contribution in [0.5, 0.6) is 0 Å². The molecule has 4 atom stereocenters. The third-order valence-electron chi connectivity index (χ3n) is 4.07. The van der Waals surface area contributed by atoms with E-state index < -0.39 is 0 Å². The molecule has 2 bridgehead atoms. The van der Waals surface area contributed by atoms with Gasteiger partial charge in [0.15, 0.2) is 0 Å². The van der Waals surface area contributed by atoms with Crippen molar-refractivity contribution in [1.82, 2.24) is 0 Å². The molecule has 3 aliphatic carbocycles. The van der Waals surface area contributed by atoms with Gasteiger partial charge in [0, 0.05) is 0 Å². The number of aliphatic hydroxyl groups is 1. The van der Waals surface area contributed by atoms with Crippen molar-refractivity contribution in [2.24, 2.45) is 17.8 Å². The van der Waals surface area contributed by atoms with E-state index in [4.69, 9.17) is 0 Å². The van der Waals surface area contributed by atoms with Gasteiger partial charge in [0.2, 0.25) is 0 Å². The van der Waals surface area contributed by atoms with Gasteiger partial charge in [-0.2, -0.15) is 0 Å². The molecule has 2 saturated carbocycles. The van der Waals surface area contributed by atoms with E-state index >= 15 is 0 Å². The predicted molar refractivity (Wildman–Crippen MR) is 43.0 cm³/mol. The summed E-state index contributed by atoms with van der Waals surface area (Å²) in [6.07, 6.45) is 9.32. The fraction of sp³-hybridized carbons (Fsp3) is 0.800. The fourth-order valence-corrected chi connectivity index (χ4v) is 3.53. The van der Waals surface area contributed by atoms with Crippen molar-refractivity contribution in [2.45, 2.75) is 31.3 Å². The maximum absolute atomic E-state index is 10.2. The normalized spacial score (nSPS) is 58.8. The summed E-state index contributed by atoms with van der Waals surface area (Å²) in [5.74, 6) is 2.05. The lowest BCUT2D eigenvalue weighted by molar-refractivity contribution is -0.00564. The van der Waals surface area contributed by atoms with Crippen molar-refractivity contribution >= 4 is 0 Å². The smallest absolute Gasteiger partial charge is 0.0889 e. The van der Waals surface area contributed by atoms with Crippen LogP contribution >= 0.6 is 0 Å². The molecule has 2 fully saturated rings. The van der Waals surface area contributed by atoms with Gasteiger partial charge in [-0.15, -0.1) is 0 Å². The summed E-state index contributed by atoms with van der Waals surface area (Å²) in [4.78, 5) is 0. The number of fused-ring (bicyclic) bond motifs is 5. The predicted octanol–water partition coefficient (Wildman–Crippen LogP) is 1.72. The van der Waals surface area contributed by atoms with Crippen LogP contribution in [0.1, 0.15) is 25.7 Å². The molecule has 0 unspecified atom stereocenters. The quantitative estimate of drug-likeness (QED) is 0.521. The SMILES string of the molecule is O[C@]12C=CC[C@H]1[C@H]1CC[C@@H]2C1. The second-order valence-corrected chi connectivity index (χ2v) is 4.40. The van der Waals surface area contributed by atoms with Gasteiger partial charge in [-0.3, -0.25) is 0 Å². The molecule has 11 heavy (non-hydrogen) atoms. The molecule has 60 valence electrons. The molecule has 0 aromatic heterocycles. The maximum atomic E-state index is 10.2. The Morgan fingerprint density at radius 2 is 2.27 bits per heavy atom. The second-order valence-electron chi connectivity index (χ2n) is 4.40. The lowest BCUT2D eigenvalue weighted by Gasteiger charge is -2.33. The molecule has 1 N–H and O–H groups in total. The lowest BCUT2D eigenvalue weighted by Crippen LogP contribution is -2.38. The van der Waals surface area contributed by atoms with Gasteiger partial charge in [0.25, 0.3) is 0 Å². The molecule has 0 heterocycles. The molecule has 0 spiro atoms. The van der Waals surface area contributed by atoms with Crippen LogP contribution in [0.25, 0.3) is 0 Å². The molecule has 1 nitrogen and oxygen atoms in total. The summed E-state index contributed by atoms with van der Waals surface area (Å²) >= 11 is 0. The van der Waals surface area contributed by atoms with E-state index in [1.165, 1.54) is 19.3 Å². The average molecular weight is 150 g/mol. The van der Waals surface area contributed by atoms with Crippen LogP contribution in [0.3, 0.4) is 0 Å². The minimum absolute atomic E-state index is 0.358. The van der Waals surface area contributed by atoms with E-state index in [0.717, 1.165) is 12.3 Å². The van der Waals surface area contributed by atoms with Gasteiger partial charge in [-0.25, -0.2) is 0 Å². The van der Waals surface area contributed by atoms with E-state index in [2.05, 4.69) is 12.2 Å². The molecule has 1 heteroatoms. The van der Waals surface area contributed by atoms with E-state index in [1.807, 2.05) is 0 Å². The van der Waals surface area contributed by atoms with E-state index in [0.29, 0.717) is 11.8 Å². The number of allylic oxidation sites excluding steroid dienone is 1. The van der Waals surface area contributed by atoms with Gasteiger partial charge in [0.05, 0.1) is 5.60 Å². The fourth-order valence-electron chi connectivity index (χ4n) is 3.53. The Hall–Kier alpha value is -0.300. The first kappa shape index (κ1) is 6.24. The minimum atomic E-state index is -0.358. The third kappa shape index (κ3) is 0.572. The summed E-state index contributed by atoms with van der Waals surface area (Å²) < 4.78 is 0. The van der Waals surface area contributed by atoms with Crippen LogP contribution in [-0.2, 0) is 0 Å². The third-order valence-corrected chi connectivity index (χ3v) is 4.07. The van der Waals surface area contributed by atoms with Crippen LogP contribution in [-0.4, -0.2) is 10.7 Å². The van der Waals surface area contributed by atoms with Crippen molar-refractivity contribution in [3.63, 3.8) is 0 Å². The topological polar surface area (TPSA) is 20.2 Å². The molecule has 0 aromatic rings. The molecular formula is C10H14O. The highest BCUT2D eigenvalue weighted by Crippen LogP contribution is 2.58.